The summed E-state index contributed by atoms with van der Waals surface area (Å²) in [6, 6.07) is 19.3. The van der Waals surface area contributed by atoms with Crippen molar-refractivity contribution >= 4 is 28.9 Å². The lowest BCUT2D eigenvalue weighted by molar-refractivity contribution is -0.172. The van der Waals surface area contributed by atoms with Crippen molar-refractivity contribution in [2.24, 2.45) is 0 Å². The van der Waals surface area contributed by atoms with Crippen LogP contribution in [0.2, 0.25) is 0 Å². The van der Waals surface area contributed by atoms with Gasteiger partial charge in [-0.25, -0.2) is 19.0 Å². The third kappa shape index (κ3) is 6.45. The predicted molar refractivity (Wildman–Crippen MR) is 210 cm³/mol. The quantitative estimate of drug-likeness (QED) is 0.0873. The molecule has 0 unspecified atom stereocenters. The summed E-state index contributed by atoms with van der Waals surface area (Å²) in [5, 5.41) is 14.5. The number of pyridine rings is 2. The molecule has 0 fully saturated rings. The molecule has 0 bridgehead atoms. The molecule has 0 radical (unpaired) electrons. The Morgan fingerprint density at radius 2 is 1.76 bits per heavy atom. The van der Waals surface area contributed by atoms with Crippen LogP contribution in [0.4, 0.5) is 9.18 Å². The van der Waals surface area contributed by atoms with Crippen LogP contribution in [0.15, 0.2) is 71.5 Å². The molecule has 2 amide bonds. The maximum atomic E-state index is 15.4. The number of aromatic nitrogens is 2. The summed E-state index contributed by atoms with van der Waals surface area (Å²) in [6.07, 6.45) is -0.233. The van der Waals surface area contributed by atoms with Crippen molar-refractivity contribution in [2.45, 2.75) is 70.9 Å². The summed E-state index contributed by atoms with van der Waals surface area (Å²) in [5.41, 5.74) is 4.95. The number of cyclic esters (lactones) is 1. The van der Waals surface area contributed by atoms with Gasteiger partial charge in [0.25, 0.3) is 5.56 Å². The lowest BCUT2D eigenvalue weighted by atomic mass is 9.86. The first-order valence-electron chi connectivity index (χ1n) is 19.4. The van der Waals surface area contributed by atoms with Crippen LogP contribution in [-0.4, -0.2) is 70.6 Å². The van der Waals surface area contributed by atoms with Crippen LogP contribution in [0.1, 0.15) is 73.1 Å². The minimum Gasteiger partial charge on any atom is -0.490 e. The predicted octanol–water partition coefficient (Wildman–Crippen LogP) is 5.87. The number of amides is 2. The number of halogens is 1. The third-order valence-corrected chi connectivity index (χ3v) is 11.5. The van der Waals surface area contributed by atoms with E-state index in [0.717, 1.165) is 33.4 Å². The Morgan fingerprint density at radius 1 is 1.05 bits per heavy atom. The molecule has 58 heavy (non-hydrogen) atoms. The minimum absolute atomic E-state index is 0.0286. The lowest BCUT2D eigenvalue weighted by Crippen LogP contribution is -2.46. The Bertz CT molecular complexity index is 2510. The van der Waals surface area contributed by atoms with E-state index in [-0.39, 0.29) is 62.0 Å². The molecule has 3 aliphatic rings. The molecule has 0 saturated heterocycles. The van der Waals surface area contributed by atoms with Gasteiger partial charge in [0.05, 0.1) is 42.2 Å². The number of likely N-dealkylation sites (N-methyl/N-ethyl adjacent to an activating group) is 1. The van der Waals surface area contributed by atoms with E-state index in [9.17, 15) is 24.3 Å². The van der Waals surface area contributed by atoms with Gasteiger partial charge in [0, 0.05) is 47.2 Å². The number of ether oxygens (including phenoxy) is 4. The average Bonchev–Trinajstić information content (AvgIpc) is 3.76. The van der Waals surface area contributed by atoms with Gasteiger partial charge >= 0.3 is 12.1 Å². The molecule has 2 aromatic heterocycles. The fraction of sp³-hybridized carbons (Fsp3) is 0.341. The SMILES string of the molecule is CCc1c2c(nc3cc(F)c(OCCCOCNC(=O)[C@H](C)N(C)C(=O)OC4c5ccccc5-c5ccccc54)cc13)-c1cc3c(c(=O)n1C2)COC(=O)[C@]3(O)CC. The van der Waals surface area contributed by atoms with Gasteiger partial charge in [-0.3, -0.25) is 14.5 Å². The van der Waals surface area contributed by atoms with Crippen molar-refractivity contribution in [1.82, 2.24) is 19.8 Å². The number of nitrogens with one attached hydrogen (secondary N) is 1. The topological polar surface area (TPSA) is 159 Å². The highest BCUT2D eigenvalue weighted by Crippen LogP contribution is 2.45. The van der Waals surface area contributed by atoms with Crippen LogP contribution >= 0.6 is 0 Å². The van der Waals surface area contributed by atoms with E-state index in [1.807, 2.05) is 55.5 Å². The van der Waals surface area contributed by atoms with Crippen LogP contribution in [-0.2, 0) is 49.0 Å². The molecule has 0 saturated carbocycles. The number of fused-ring (bicyclic) bond motifs is 8. The van der Waals surface area contributed by atoms with Gasteiger partial charge in [-0.2, -0.15) is 0 Å². The van der Waals surface area contributed by atoms with Crippen molar-refractivity contribution < 1.29 is 42.8 Å². The number of carbonyl (C=O) groups excluding carboxylic acids is 3. The van der Waals surface area contributed by atoms with Crippen LogP contribution in [0.3, 0.4) is 0 Å². The Labute approximate surface area is 333 Å². The van der Waals surface area contributed by atoms with E-state index in [4.69, 9.17) is 23.9 Å². The number of esters is 1. The van der Waals surface area contributed by atoms with Crippen molar-refractivity contribution in [2.75, 3.05) is 27.0 Å². The third-order valence-electron chi connectivity index (χ3n) is 11.5. The van der Waals surface area contributed by atoms with Crippen molar-refractivity contribution in [3.63, 3.8) is 0 Å². The highest BCUT2D eigenvalue weighted by molar-refractivity contribution is 5.90. The number of aliphatic hydroxyl groups is 1. The standard InChI is InChI=1S/C44H43FN4O9/c1-5-25-30-18-37(34(45)20-35(30)47-38-31(25)21-49-36(38)19-33-32(41(49)51)22-57-42(52)44(33,54)6-2)56-17-11-16-55-23-46-40(50)24(3)48(4)43(53)58-39-28-14-9-7-12-26(28)27-13-8-10-15-29(27)39/h7-10,12-15,18-20,24,39,54H,5-6,11,16-17,21-23H2,1-4H3,(H,46,50)/t24-,44-/m0/s1. The Balaban J connectivity index is 0.853. The monoisotopic (exact) mass is 790 g/mol. The molecule has 13 nitrogen and oxygen atoms in total. The molecule has 8 rings (SSSR count). The number of aryl methyl sites for hydroxylation is 1. The van der Waals surface area contributed by atoms with E-state index in [1.165, 1.54) is 18.0 Å². The fourth-order valence-electron chi connectivity index (χ4n) is 8.12. The second-order valence-electron chi connectivity index (χ2n) is 14.7. The minimum atomic E-state index is -1.95. The van der Waals surface area contributed by atoms with Crippen LogP contribution in [0.5, 0.6) is 5.75 Å². The van der Waals surface area contributed by atoms with E-state index in [0.29, 0.717) is 35.1 Å². The largest absolute Gasteiger partial charge is 0.490 e. The van der Waals surface area contributed by atoms with Crippen LogP contribution in [0, 0.1) is 5.82 Å². The zero-order valence-corrected chi connectivity index (χ0v) is 32.6. The highest BCUT2D eigenvalue weighted by Gasteiger charge is 2.45. The molecule has 5 aromatic rings. The normalized spacial score (nSPS) is 16.8. The van der Waals surface area contributed by atoms with E-state index in [2.05, 4.69) is 5.32 Å². The Kier molecular flexibility index (Phi) is 10.2. The molecular formula is C44H43FN4O9. The van der Waals surface area contributed by atoms with Gasteiger partial charge < -0.3 is 33.9 Å². The second kappa shape index (κ2) is 15.3. The van der Waals surface area contributed by atoms with Crippen LogP contribution < -0.4 is 15.6 Å². The van der Waals surface area contributed by atoms with E-state index >= 15 is 4.39 Å². The maximum Gasteiger partial charge on any atom is 0.411 e. The van der Waals surface area contributed by atoms with E-state index < -0.39 is 41.5 Å². The first-order valence-corrected chi connectivity index (χ1v) is 19.4. The molecule has 14 heteroatoms. The van der Waals surface area contributed by atoms with Crippen molar-refractivity contribution in [3.8, 4) is 28.3 Å². The number of benzene rings is 3. The molecule has 4 heterocycles. The van der Waals surface area contributed by atoms with Gasteiger partial charge in [0.1, 0.15) is 19.4 Å². The summed E-state index contributed by atoms with van der Waals surface area (Å²) >= 11 is 0. The molecule has 1 aliphatic carbocycles. The summed E-state index contributed by atoms with van der Waals surface area (Å²) in [5.74, 6) is -1.80. The van der Waals surface area contributed by atoms with E-state index in [1.54, 1.807) is 30.5 Å². The second-order valence-corrected chi connectivity index (χ2v) is 14.7. The van der Waals surface area contributed by atoms with Gasteiger partial charge in [0.2, 0.25) is 5.91 Å². The van der Waals surface area contributed by atoms with Crippen molar-refractivity contribution in [3.05, 3.63) is 116 Å². The number of rotatable bonds is 12. The summed E-state index contributed by atoms with van der Waals surface area (Å²) in [7, 11) is 1.51. The van der Waals surface area contributed by atoms with Crippen LogP contribution in [0.25, 0.3) is 33.4 Å². The number of carbonyl (C=O) groups is 3. The summed E-state index contributed by atoms with van der Waals surface area (Å²) in [6.45, 7) is 5.44. The van der Waals surface area contributed by atoms with Gasteiger partial charge in [-0.1, -0.05) is 62.4 Å². The zero-order chi connectivity index (χ0) is 40.9. The number of hydrogen-bond donors (Lipinski definition) is 2. The average molecular weight is 791 g/mol. The summed E-state index contributed by atoms with van der Waals surface area (Å²) < 4.78 is 39.5. The molecule has 2 N–H and O–H groups in total. The van der Waals surface area contributed by atoms with Gasteiger partial charge in [-0.15, -0.1) is 0 Å². The summed E-state index contributed by atoms with van der Waals surface area (Å²) in [4.78, 5) is 58.3. The highest BCUT2D eigenvalue weighted by atomic mass is 19.1. The van der Waals surface area contributed by atoms with Gasteiger partial charge in [-0.05, 0) is 48.6 Å². The zero-order valence-electron chi connectivity index (χ0n) is 32.6. The Hall–Kier alpha value is -6.12. The smallest absolute Gasteiger partial charge is 0.411 e. The molecule has 0 spiro atoms. The first-order chi connectivity index (χ1) is 28.0. The molecule has 2 aliphatic heterocycles. The Morgan fingerprint density at radius 3 is 2.45 bits per heavy atom. The molecule has 2 atom stereocenters. The van der Waals surface area contributed by atoms with Gasteiger partial charge in [0.15, 0.2) is 23.3 Å². The first kappa shape index (κ1) is 38.7. The maximum absolute atomic E-state index is 15.4. The molecular weight excluding hydrogens is 748 g/mol. The number of hydrogen-bond acceptors (Lipinski definition) is 10. The molecule has 3 aromatic carbocycles. The number of nitrogens with zero attached hydrogens (tertiary/aromatic N) is 3. The van der Waals surface area contributed by atoms with Crippen molar-refractivity contribution in [1.29, 1.82) is 0 Å². The lowest BCUT2D eigenvalue weighted by Gasteiger charge is -2.31. The molecule has 300 valence electrons. The fourth-order valence-corrected chi connectivity index (χ4v) is 8.12.